The van der Waals surface area contributed by atoms with E-state index in [-0.39, 0.29) is 0 Å². The summed E-state index contributed by atoms with van der Waals surface area (Å²) in [5.74, 6) is 0. The second kappa shape index (κ2) is 13.7. The van der Waals surface area contributed by atoms with Gasteiger partial charge in [0, 0.05) is 0 Å². The summed E-state index contributed by atoms with van der Waals surface area (Å²) in [6.45, 7) is 0. The third kappa shape index (κ3) is 6.51. The molecule has 7 aromatic rings. The molecule has 0 fully saturated rings. The van der Waals surface area contributed by atoms with Gasteiger partial charge in [0.15, 0.2) is 0 Å². The van der Waals surface area contributed by atoms with Crippen LogP contribution >= 0.6 is 0 Å². The van der Waals surface area contributed by atoms with Gasteiger partial charge < -0.3 is 0 Å². The molecule has 0 atom stereocenters. The monoisotopic (exact) mass is 634 g/mol. The van der Waals surface area contributed by atoms with Crippen molar-refractivity contribution < 1.29 is 0 Å². The number of benzene rings is 7. The molecule has 0 N–H and O–H groups in total. The standard InChI is InChI=1S/C46H26N4/c47-27-31-6-1-10-35(16-31)41-21-42(36-11-2-7-32(17-36)28-48)24-45(23-41)39-14-5-15-40(20-39)46-25-43(37-12-3-8-33(18-37)29-49)22-44(26-46)38-13-4-9-34(19-38)30-50/h1-26H. The minimum Gasteiger partial charge on any atom is -0.192 e. The Hall–Kier alpha value is -7.50. The highest BCUT2D eigenvalue weighted by Gasteiger charge is 2.12. The summed E-state index contributed by atoms with van der Waals surface area (Å²) in [7, 11) is 0. The highest BCUT2D eigenvalue weighted by Crippen LogP contribution is 2.37. The molecule has 7 rings (SSSR count). The van der Waals surface area contributed by atoms with E-state index in [4.69, 9.17) is 0 Å². The molecule has 0 radical (unpaired) electrons. The molecule has 4 nitrogen and oxygen atoms in total. The van der Waals surface area contributed by atoms with Gasteiger partial charge in [-0.3, -0.25) is 0 Å². The average Bonchev–Trinajstić information content (AvgIpc) is 3.20. The van der Waals surface area contributed by atoms with E-state index in [1.807, 2.05) is 78.9 Å². The van der Waals surface area contributed by atoms with E-state index in [1.165, 1.54) is 0 Å². The van der Waals surface area contributed by atoms with E-state index in [2.05, 4.69) is 78.9 Å². The lowest BCUT2D eigenvalue weighted by molar-refractivity contribution is 1.47. The van der Waals surface area contributed by atoms with Crippen LogP contribution in [-0.4, -0.2) is 0 Å². The van der Waals surface area contributed by atoms with Gasteiger partial charge in [0.05, 0.1) is 46.5 Å². The Morgan fingerprint density at radius 3 is 0.620 bits per heavy atom. The third-order valence-electron chi connectivity index (χ3n) is 8.70. The van der Waals surface area contributed by atoms with Crippen LogP contribution in [0.3, 0.4) is 0 Å². The number of nitriles is 4. The minimum atomic E-state index is 0.583. The lowest BCUT2D eigenvalue weighted by Crippen LogP contribution is -1.89. The van der Waals surface area contributed by atoms with Crippen LogP contribution in [0.25, 0.3) is 66.8 Å². The van der Waals surface area contributed by atoms with Crippen LogP contribution in [-0.2, 0) is 0 Å². The van der Waals surface area contributed by atoms with Gasteiger partial charge in [0.2, 0.25) is 0 Å². The molecule has 50 heavy (non-hydrogen) atoms. The van der Waals surface area contributed by atoms with Crippen LogP contribution in [0.2, 0.25) is 0 Å². The normalized spacial score (nSPS) is 10.3. The van der Waals surface area contributed by atoms with Crippen LogP contribution in [0.4, 0.5) is 0 Å². The predicted molar refractivity (Wildman–Crippen MR) is 198 cm³/mol. The molecule has 0 aliphatic rings. The summed E-state index contributed by atoms with van der Waals surface area (Å²) in [5, 5.41) is 38.4. The van der Waals surface area contributed by atoms with Crippen LogP contribution in [0.1, 0.15) is 22.3 Å². The van der Waals surface area contributed by atoms with Crippen molar-refractivity contribution in [2.75, 3.05) is 0 Å². The van der Waals surface area contributed by atoms with E-state index in [0.717, 1.165) is 66.8 Å². The van der Waals surface area contributed by atoms with Gasteiger partial charge in [-0.1, -0.05) is 66.7 Å². The maximum atomic E-state index is 9.60. The van der Waals surface area contributed by atoms with E-state index in [9.17, 15) is 21.0 Å². The molecule has 0 aromatic heterocycles. The van der Waals surface area contributed by atoms with Crippen LogP contribution < -0.4 is 0 Å². The Labute approximate surface area is 291 Å². The van der Waals surface area contributed by atoms with Gasteiger partial charge in [-0.05, 0) is 158 Å². The molecule has 7 aromatic carbocycles. The molecule has 0 aliphatic heterocycles. The molecule has 0 bridgehead atoms. The van der Waals surface area contributed by atoms with Crippen LogP contribution in [0.15, 0.2) is 158 Å². The van der Waals surface area contributed by atoms with Crippen molar-refractivity contribution >= 4 is 0 Å². The number of rotatable bonds is 6. The Balaban J connectivity index is 1.40. The lowest BCUT2D eigenvalue weighted by Gasteiger charge is -2.14. The predicted octanol–water partition coefficient (Wildman–Crippen LogP) is 11.2. The first-order valence-corrected chi connectivity index (χ1v) is 16.0. The third-order valence-corrected chi connectivity index (χ3v) is 8.70. The van der Waals surface area contributed by atoms with Gasteiger partial charge in [-0.25, -0.2) is 0 Å². The molecule has 0 heterocycles. The molecular formula is C46H26N4. The molecule has 0 amide bonds. The summed E-state index contributed by atoms with van der Waals surface area (Å²) in [5.41, 5.74) is 13.9. The Morgan fingerprint density at radius 1 is 0.220 bits per heavy atom. The van der Waals surface area contributed by atoms with E-state index in [0.29, 0.717) is 22.3 Å². The second-order valence-electron chi connectivity index (χ2n) is 11.9. The van der Waals surface area contributed by atoms with Gasteiger partial charge in [0.1, 0.15) is 0 Å². The van der Waals surface area contributed by atoms with Crippen molar-refractivity contribution in [2.45, 2.75) is 0 Å². The van der Waals surface area contributed by atoms with Crippen molar-refractivity contribution in [1.29, 1.82) is 21.0 Å². The summed E-state index contributed by atoms with van der Waals surface area (Å²) in [4.78, 5) is 0. The summed E-state index contributed by atoms with van der Waals surface area (Å²) >= 11 is 0. The van der Waals surface area contributed by atoms with Crippen molar-refractivity contribution in [2.24, 2.45) is 0 Å². The maximum Gasteiger partial charge on any atom is 0.0991 e. The number of hydrogen-bond acceptors (Lipinski definition) is 4. The lowest BCUT2D eigenvalue weighted by atomic mass is 9.90. The molecule has 0 aliphatic carbocycles. The molecular weight excluding hydrogens is 609 g/mol. The van der Waals surface area contributed by atoms with Gasteiger partial charge >= 0.3 is 0 Å². The fourth-order valence-electron chi connectivity index (χ4n) is 6.21. The summed E-state index contributed by atoms with van der Waals surface area (Å²) in [6, 6.07) is 60.4. The first kappa shape index (κ1) is 31.1. The first-order chi connectivity index (χ1) is 24.5. The van der Waals surface area contributed by atoms with Crippen molar-refractivity contribution in [3.05, 3.63) is 180 Å². The van der Waals surface area contributed by atoms with Crippen molar-refractivity contribution in [1.82, 2.24) is 0 Å². The summed E-state index contributed by atoms with van der Waals surface area (Å²) < 4.78 is 0. The van der Waals surface area contributed by atoms with E-state index < -0.39 is 0 Å². The van der Waals surface area contributed by atoms with Crippen molar-refractivity contribution in [3.8, 4) is 91.0 Å². The number of hydrogen-bond donors (Lipinski definition) is 0. The number of nitrogens with zero attached hydrogens (tertiary/aromatic N) is 4. The summed E-state index contributed by atoms with van der Waals surface area (Å²) in [6.07, 6.45) is 0. The van der Waals surface area contributed by atoms with Gasteiger partial charge in [0.25, 0.3) is 0 Å². The zero-order valence-corrected chi connectivity index (χ0v) is 26.8. The largest absolute Gasteiger partial charge is 0.192 e. The molecule has 0 saturated heterocycles. The molecule has 0 unspecified atom stereocenters. The quantitative estimate of drug-likeness (QED) is 0.182. The first-order valence-electron chi connectivity index (χ1n) is 16.0. The molecule has 0 saturated carbocycles. The van der Waals surface area contributed by atoms with Gasteiger partial charge in [-0.2, -0.15) is 21.0 Å². The van der Waals surface area contributed by atoms with E-state index >= 15 is 0 Å². The molecule has 0 spiro atoms. The topological polar surface area (TPSA) is 95.2 Å². The fraction of sp³-hybridized carbons (Fsp3) is 0. The van der Waals surface area contributed by atoms with Crippen molar-refractivity contribution in [3.63, 3.8) is 0 Å². The average molecular weight is 635 g/mol. The Kier molecular flexibility index (Phi) is 8.52. The minimum absolute atomic E-state index is 0.583. The molecule has 230 valence electrons. The molecule has 4 heteroatoms. The highest BCUT2D eigenvalue weighted by molar-refractivity contribution is 5.86. The zero-order valence-electron chi connectivity index (χ0n) is 26.8. The second-order valence-corrected chi connectivity index (χ2v) is 11.9. The maximum absolute atomic E-state index is 9.60. The smallest absolute Gasteiger partial charge is 0.0991 e. The van der Waals surface area contributed by atoms with Gasteiger partial charge in [-0.15, -0.1) is 0 Å². The SMILES string of the molecule is N#Cc1cccc(-c2cc(-c3cccc(C#N)c3)cc(-c3cccc(-c4cc(-c5cccc(C#N)c5)cc(-c5cccc(C#N)c5)c4)c3)c2)c1. The Morgan fingerprint density at radius 2 is 0.400 bits per heavy atom. The van der Waals surface area contributed by atoms with Crippen LogP contribution in [0, 0.1) is 45.3 Å². The fourth-order valence-corrected chi connectivity index (χ4v) is 6.21. The van der Waals surface area contributed by atoms with E-state index in [1.54, 1.807) is 24.3 Å². The highest BCUT2D eigenvalue weighted by atomic mass is 14.3. The zero-order chi connectivity index (χ0) is 34.5. The Bertz CT molecular complexity index is 2270. The van der Waals surface area contributed by atoms with Crippen LogP contribution in [0.5, 0.6) is 0 Å².